The number of benzene rings is 2. The Morgan fingerprint density at radius 1 is 1.00 bits per heavy atom. The number of hydrogen-bond acceptors (Lipinski definition) is 2. The van der Waals surface area contributed by atoms with E-state index in [1.54, 1.807) is 0 Å². The van der Waals surface area contributed by atoms with Crippen LogP contribution in [-0.4, -0.2) is 17.2 Å². The maximum Gasteiger partial charge on any atom is 0.235 e. The summed E-state index contributed by atoms with van der Waals surface area (Å²) in [5.74, 6) is 0.376. The first-order valence-electron chi connectivity index (χ1n) is 10.0. The Labute approximate surface area is 160 Å². The number of fused-ring (bicyclic) bond motifs is 2. The number of nitrogens with one attached hydrogen (secondary N) is 1. The Hall–Kier alpha value is -2.42. The van der Waals surface area contributed by atoms with Gasteiger partial charge in [0.05, 0.1) is 0 Å². The van der Waals surface area contributed by atoms with Gasteiger partial charge in [0.2, 0.25) is 5.91 Å². The van der Waals surface area contributed by atoms with Gasteiger partial charge in [-0.3, -0.25) is 9.59 Å². The monoisotopic (exact) mass is 359 g/mol. The summed E-state index contributed by atoms with van der Waals surface area (Å²) in [4.78, 5) is 26.3. The van der Waals surface area contributed by atoms with Crippen LogP contribution in [0.4, 0.5) is 0 Å². The first-order chi connectivity index (χ1) is 13.0. The zero-order chi connectivity index (χ0) is 18.8. The molecule has 27 heavy (non-hydrogen) atoms. The minimum Gasteiger partial charge on any atom is -0.342 e. The largest absolute Gasteiger partial charge is 0.342 e. The van der Waals surface area contributed by atoms with E-state index < -0.39 is 11.5 Å². The molecule has 1 N–H and O–H groups in total. The molecule has 3 fully saturated rings. The van der Waals surface area contributed by atoms with Gasteiger partial charge in [-0.05, 0) is 72.8 Å². The van der Waals surface area contributed by atoms with Crippen molar-refractivity contribution in [2.24, 2.45) is 11.8 Å². The van der Waals surface area contributed by atoms with E-state index in [-0.39, 0.29) is 11.7 Å². The summed E-state index contributed by atoms with van der Waals surface area (Å²) in [5, 5.41) is 3.14. The Kier molecular flexibility index (Phi) is 3.59. The topological polar surface area (TPSA) is 46.2 Å². The Morgan fingerprint density at radius 2 is 1.78 bits per heavy atom. The predicted octanol–water partition coefficient (Wildman–Crippen LogP) is 4.31. The first kappa shape index (κ1) is 16.7. The molecule has 5 rings (SSSR count). The minimum atomic E-state index is -0.643. The lowest BCUT2D eigenvalue weighted by molar-refractivity contribution is -0.132. The molecule has 1 heterocycles. The highest BCUT2D eigenvalue weighted by Gasteiger charge is 2.66. The molecule has 3 nitrogen and oxygen atoms in total. The lowest BCUT2D eigenvalue weighted by atomic mass is 9.58. The van der Waals surface area contributed by atoms with Gasteiger partial charge in [0.25, 0.3) is 0 Å². The molecule has 1 amide bonds. The average Bonchev–Trinajstić information content (AvgIpc) is 3.16. The number of carbonyl (C=O) groups is 2. The van der Waals surface area contributed by atoms with E-state index in [1.807, 2.05) is 25.1 Å². The number of rotatable bonds is 2. The van der Waals surface area contributed by atoms with Crippen LogP contribution < -0.4 is 5.32 Å². The van der Waals surface area contributed by atoms with Gasteiger partial charge in [0.1, 0.15) is 11.5 Å². The van der Waals surface area contributed by atoms with Crippen LogP contribution in [0.25, 0.3) is 11.1 Å². The van der Waals surface area contributed by atoms with Crippen LogP contribution in [0.3, 0.4) is 0 Å². The molecule has 0 aromatic heterocycles. The van der Waals surface area contributed by atoms with Gasteiger partial charge in [0.15, 0.2) is 5.78 Å². The third kappa shape index (κ3) is 2.27. The molecular weight excluding hydrogens is 334 g/mol. The fourth-order valence-corrected chi connectivity index (χ4v) is 5.85. The highest BCUT2D eigenvalue weighted by molar-refractivity contribution is 6.18. The number of Topliss-reactive ketones (excluding diaryl/α,β-unsaturated/α-hetero) is 1. The normalized spacial score (nSPS) is 31.7. The van der Waals surface area contributed by atoms with E-state index in [0.717, 1.165) is 40.7 Å². The molecule has 4 unspecified atom stereocenters. The van der Waals surface area contributed by atoms with Crippen molar-refractivity contribution in [2.45, 2.75) is 51.0 Å². The summed E-state index contributed by atoms with van der Waals surface area (Å²) in [7, 11) is 0. The van der Waals surface area contributed by atoms with Crippen LogP contribution in [0.5, 0.6) is 0 Å². The summed E-state index contributed by atoms with van der Waals surface area (Å²) < 4.78 is 0. The highest BCUT2D eigenvalue weighted by atomic mass is 16.2. The number of aryl methyl sites for hydroxylation is 2. The molecule has 2 aromatic carbocycles. The van der Waals surface area contributed by atoms with Crippen molar-refractivity contribution in [1.29, 1.82) is 0 Å². The summed E-state index contributed by atoms with van der Waals surface area (Å²) >= 11 is 0. The van der Waals surface area contributed by atoms with Crippen molar-refractivity contribution >= 4 is 11.7 Å². The second-order valence-electron chi connectivity index (χ2n) is 8.65. The standard InChI is InChI=1S/C24H25NO2/c1-14-12-19(15(2)11-18(14)16-7-4-3-5-8-16)21-22(26)24(25-23(21)27)13-17-9-6-10-20(17)24/h3-5,7-8,11-12,17,20-21H,6,9-10,13H2,1-2H3,(H,25,27). The molecule has 1 aliphatic heterocycles. The zero-order valence-corrected chi connectivity index (χ0v) is 15.9. The van der Waals surface area contributed by atoms with Gasteiger partial charge in [-0.15, -0.1) is 0 Å². The molecule has 0 bridgehead atoms. The van der Waals surface area contributed by atoms with E-state index in [1.165, 1.54) is 12.8 Å². The molecule has 0 radical (unpaired) electrons. The van der Waals surface area contributed by atoms with Crippen molar-refractivity contribution in [3.8, 4) is 11.1 Å². The second-order valence-corrected chi connectivity index (χ2v) is 8.65. The fourth-order valence-electron chi connectivity index (χ4n) is 5.85. The third-order valence-electron chi connectivity index (χ3n) is 7.20. The van der Waals surface area contributed by atoms with Crippen molar-refractivity contribution < 1.29 is 9.59 Å². The van der Waals surface area contributed by atoms with E-state index in [0.29, 0.717) is 11.8 Å². The van der Waals surface area contributed by atoms with Crippen LogP contribution in [0.1, 0.15) is 48.3 Å². The molecule has 138 valence electrons. The van der Waals surface area contributed by atoms with E-state index in [2.05, 4.69) is 36.5 Å². The van der Waals surface area contributed by atoms with Gasteiger partial charge in [0, 0.05) is 0 Å². The molecule has 3 heteroatoms. The smallest absolute Gasteiger partial charge is 0.235 e. The quantitative estimate of drug-likeness (QED) is 0.812. The maximum atomic E-state index is 13.4. The van der Waals surface area contributed by atoms with Gasteiger partial charge in [-0.1, -0.05) is 48.9 Å². The van der Waals surface area contributed by atoms with Gasteiger partial charge < -0.3 is 5.32 Å². The van der Waals surface area contributed by atoms with Gasteiger partial charge in [-0.25, -0.2) is 0 Å². The van der Waals surface area contributed by atoms with Crippen LogP contribution >= 0.6 is 0 Å². The summed E-state index contributed by atoms with van der Waals surface area (Å²) in [6.07, 6.45) is 4.33. The number of ketones is 1. The number of carbonyl (C=O) groups excluding carboxylic acids is 2. The van der Waals surface area contributed by atoms with Crippen LogP contribution in [0.2, 0.25) is 0 Å². The van der Waals surface area contributed by atoms with Crippen LogP contribution in [0.15, 0.2) is 42.5 Å². The van der Waals surface area contributed by atoms with Crippen LogP contribution in [0, 0.1) is 25.7 Å². The van der Waals surface area contributed by atoms with Gasteiger partial charge in [-0.2, -0.15) is 0 Å². The van der Waals surface area contributed by atoms with E-state index >= 15 is 0 Å². The molecule has 2 aliphatic carbocycles. The summed E-state index contributed by atoms with van der Waals surface area (Å²) in [6.45, 7) is 4.08. The third-order valence-corrected chi connectivity index (χ3v) is 7.20. The van der Waals surface area contributed by atoms with E-state index in [9.17, 15) is 9.59 Å². The number of amides is 1. The minimum absolute atomic E-state index is 0.0969. The Morgan fingerprint density at radius 3 is 2.52 bits per heavy atom. The summed E-state index contributed by atoms with van der Waals surface area (Å²) in [5.41, 5.74) is 4.77. The molecule has 2 saturated carbocycles. The molecule has 2 aromatic rings. The second kappa shape index (κ2) is 5.79. The molecular formula is C24H25NO2. The molecule has 1 saturated heterocycles. The van der Waals surface area contributed by atoms with Crippen molar-refractivity contribution in [3.05, 3.63) is 59.2 Å². The van der Waals surface area contributed by atoms with Gasteiger partial charge >= 0.3 is 0 Å². The van der Waals surface area contributed by atoms with Crippen molar-refractivity contribution in [3.63, 3.8) is 0 Å². The Bertz CT molecular complexity index is 948. The Balaban J connectivity index is 1.53. The lowest BCUT2D eigenvalue weighted by Gasteiger charge is -2.48. The zero-order valence-electron chi connectivity index (χ0n) is 15.9. The SMILES string of the molecule is Cc1cc(C2C(=O)NC3(CC4CCCC43)C2=O)c(C)cc1-c1ccccc1. The van der Waals surface area contributed by atoms with Crippen LogP contribution in [-0.2, 0) is 9.59 Å². The fraction of sp³-hybridized carbons (Fsp3) is 0.417. The average molecular weight is 359 g/mol. The molecule has 4 atom stereocenters. The lowest BCUT2D eigenvalue weighted by Crippen LogP contribution is -2.62. The van der Waals surface area contributed by atoms with Crippen molar-refractivity contribution in [1.82, 2.24) is 5.32 Å². The highest BCUT2D eigenvalue weighted by Crippen LogP contribution is 2.57. The number of hydrogen-bond donors (Lipinski definition) is 1. The molecule has 1 spiro atoms. The first-order valence-corrected chi connectivity index (χ1v) is 10.0. The van der Waals surface area contributed by atoms with Crippen molar-refractivity contribution in [2.75, 3.05) is 0 Å². The molecule has 3 aliphatic rings. The van der Waals surface area contributed by atoms with E-state index in [4.69, 9.17) is 0 Å². The summed E-state index contributed by atoms with van der Waals surface area (Å²) in [6, 6.07) is 14.5. The maximum absolute atomic E-state index is 13.4. The predicted molar refractivity (Wildman–Crippen MR) is 105 cm³/mol.